The summed E-state index contributed by atoms with van der Waals surface area (Å²) in [6, 6.07) is 182. The molecule has 148 heavy (non-hydrogen) atoms. The van der Waals surface area contributed by atoms with Crippen molar-refractivity contribution >= 4 is 198 Å². The maximum atomic E-state index is 2.49. The van der Waals surface area contributed by atoms with Gasteiger partial charge in [0, 0.05) is 89.3 Å². The van der Waals surface area contributed by atoms with Gasteiger partial charge in [0.05, 0.1) is 11.4 Å². The average Bonchev–Trinajstić information content (AvgIpc) is 1.60. The van der Waals surface area contributed by atoms with Crippen LogP contribution in [0.3, 0.4) is 0 Å². The lowest BCUT2D eigenvalue weighted by molar-refractivity contribution is 0.660. The van der Waals surface area contributed by atoms with Crippen molar-refractivity contribution in [3.05, 3.63) is 530 Å². The Kier molecular flexibility index (Phi) is 19.2. The standard InChI is InChI=1S/2C72H52N2/c1-71(2)64-27-13-11-24-57(64)59-39-34-50(43-66(59)71)73(68-29-15-19-45-17-5-7-21-52(45)68)48-32-37-54-47(41-48)31-36-62-56-38-33-49(42-63(56)55-23-9-10-26-61(55)70(54)62)74(69-30-16-20-46-18-6-8-22-53(46)69)51-35-40-60-58-25-12-14-28-65(58)72(3,4)67(60)44-51;1-71(2)66-23-13-11-20-59(66)61-37-32-54(43-68(61)71)73(50-28-25-45-15-5-7-17-47(45)39-50)52-30-35-56-49(41-52)27-34-64-58-36-31-53(42-65(58)57-19-9-10-22-63(57)70(56)64)74(51-29-26-46-16-6-8-18-48(46)40-51)55-33-38-62-60-21-12-14-24-67(60)72(3,4)69(62)44-55/h2*5-44H,1-4H3. The molecule has 4 heteroatoms. The molecular formula is C144H104N4. The highest BCUT2D eigenvalue weighted by atomic mass is 15.2. The van der Waals surface area contributed by atoms with Crippen LogP contribution in [0.4, 0.5) is 68.2 Å². The van der Waals surface area contributed by atoms with E-state index in [0.29, 0.717) is 0 Å². The van der Waals surface area contributed by atoms with Crippen molar-refractivity contribution in [2.24, 2.45) is 0 Å². The molecule has 0 unspecified atom stereocenters. The summed E-state index contributed by atoms with van der Waals surface area (Å²) in [4.78, 5) is 9.89. The van der Waals surface area contributed by atoms with Gasteiger partial charge in [-0.3, -0.25) is 0 Å². The summed E-state index contributed by atoms with van der Waals surface area (Å²) in [7, 11) is 0. The molecule has 0 saturated carbocycles. The normalized spacial score (nSPS) is 13.9. The predicted molar refractivity (Wildman–Crippen MR) is 632 cm³/mol. The van der Waals surface area contributed by atoms with Crippen molar-refractivity contribution in [1.29, 1.82) is 0 Å². The van der Waals surface area contributed by atoms with E-state index in [0.717, 1.165) is 68.2 Å². The van der Waals surface area contributed by atoms with E-state index in [4.69, 9.17) is 0 Å². The number of hydrogen-bond acceptors (Lipinski definition) is 4. The molecule has 26 aromatic carbocycles. The molecule has 26 aromatic rings. The third-order valence-corrected chi connectivity index (χ3v) is 33.9. The van der Waals surface area contributed by atoms with E-state index in [9.17, 15) is 0 Å². The summed E-state index contributed by atoms with van der Waals surface area (Å²) in [5.41, 5.74) is 34.8. The maximum Gasteiger partial charge on any atom is 0.0540 e. The molecule has 0 amide bonds. The number of fused-ring (bicyclic) bond motifs is 32. The number of hydrogen-bond donors (Lipinski definition) is 0. The summed E-state index contributed by atoms with van der Waals surface area (Å²) < 4.78 is 0. The number of anilines is 12. The summed E-state index contributed by atoms with van der Waals surface area (Å²) in [6.07, 6.45) is 0. The zero-order chi connectivity index (χ0) is 98.9. The fraction of sp³-hybridized carbons (Fsp3) is 0.0833. The lowest BCUT2D eigenvalue weighted by Gasteiger charge is -2.29. The lowest BCUT2D eigenvalue weighted by Crippen LogP contribution is -2.16. The fourth-order valence-corrected chi connectivity index (χ4v) is 26.6. The van der Waals surface area contributed by atoms with Crippen LogP contribution >= 0.6 is 0 Å². The van der Waals surface area contributed by atoms with Crippen LogP contribution in [0.15, 0.2) is 485 Å². The summed E-state index contributed by atoms with van der Waals surface area (Å²) in [5.74, 6) is 0. The zero-order valence-electron chi connectivity index (χ0n) is 84.0. The smallest absolute Gasteiger partial charge is 0.0540 e. The van der Waals surface area contributed by atoms with Crippen LogP contribution < -0.4 is 19.6 Å². The second kappa shape index (κ2) is 32.8. The van der Waals surface area contributed by atoms with Crippen molar-refractivity contribution in [2.75, 3.05) is 19.6 Å². The number of benzene rings is 26. The summed E-state index contributed by atoms with van der Waals surface area (Å²) in [5, 5.41) is 29.8. The molecule has 0 radical (unpaired) electrons. The number of rotatable bonds is 12. The van der Waals surface area contributed by atoms with Gasteiger partial charge in [0.1, 0.15) is 0 Å². The summed E-state index contributed by atoms with van der Waals surface area (Å²) in [6.45, 7) is 19.0. The topological polar surface area (TPSA) is 13.0 Å². The molecule has 0 fully saturated rings. The van der Waals surface area contributed by atoms with E-state index in [-0.39, 0.29) is 21.7 Å². The molecule has 0 bridgehead atoms. The minimum atomic E-state index is -0.130. The van der Waals surface area contributed by atoms with Crippen LogP contribution in [0.5, 0.6) is 0 Å². The van der Waals surface area contributed by atoms with Crippen LogP contribution in [0.1, 0.15) is 99.9 Å². The van der Waals surface area contributed by atoms with E-state index in [1.807, 2.05) is 0 Å². The van der Waals surface area contributed by atoms with Gasteiger partial charge in [-0.2, -0.15) is 0 Å². The zero-order valence-corrected chi connectivity index (χ0v) is 84.0. The molecule has 0 atom stereocenters. The van der Waals surface area contributed by atoms with E-state index >= 15 is 0 Å². The van der Waals surface area contributed by atoms with E-state index < -0.39 is 0 Å². The largest absolute Gasteiger partial charge is 0.310 e. The van der Waals surface area contributed by atoms with Gasteiger partial charge in [-0.25, -0.2) is 0 Å². The predicted octanol–water partition coefficient (Wildman–Crippen LogP) is 40.3. The van der Waals surface area contributed by atoms with Gasteiger partial charge in [0.15, 0.2) is 0 Å². The first kappa shape index (κ1) is 86.7. The molecule has 700 valence electrons. The molecule has 4 nitrogen and oxygen atoms in total. The lowest BCUT2D eigenvalue weighted by atomic mass is 9.82. The second-order valence-corrected chi connectivity index (χ2v) is 43.3. The van der Waals surface area contributed by atoms with Crippen molar-refractivity contribution < 1.29 is 0 Å². The molecule has 4 aliphatic carbocycles. The SMILES string of the molecule is CC1(C)c2ccccc2-c2ccc(N(c3ccc4c(ccc5c6ccc(N(c7ccc8c(c7)C(C)(C)c7ccccc7-8)c7cccc8ccccc78)cc6c6ccccc6c45)c3)c3cccc4ccccc34)cc21.CC1(C)c2ccccc2-c2ccc(N(c3ccc4ccccc4c3)c3ccc4c(ccc5c6ccc(N(c7ccc8c(c7)C(C)(C)c7ccccc7-8)c7ccc8ccccc8c7)cc6c6ccccc6c45)c3)cc21. The average molecular weight is 1890 g/mol. The Morgan fingerprint density at radius 3 is 0.703 bits per heavy atom. The first-order valence-electron chi connectivity index (χ1n) is 52.1. The van der Waals surface area contributed by atoms with Crippen molar-refractivity contribution in [1.82, 2.24) is 0 Å². The van der Waals surface area contributed by atoms with Gasteiger partial charge >= 0.3 is 0 Å². The van der Waals surface area contributed by atoms with Crippen molar-refractivity contribution in [2.45, 2.75) is 77.0 Å². The maximum absolute atomic E-state index is 2.49. The Morgan fingerprint density at radius 1 is 0.122 bits per heavy atom. The highest BCUT2D eigenvalue weighted by molar-refractivity contribution is 6.34. The third-order valence-electron chi connectivity index (χ3n) is 33.9. The molecule has 30 rings (SSSR count). The first-order chi connectivity index (χ1) is 72.4. The van der Waals surface area contributed by atoms with E-state index in [1.165, 1.54) is 218 Å². The van der Waals surface area contributed by atoms with E-state index in [2.05, 4.69) is 560 Å². The van der Waals surface area contributed by atoms with Gasteiger partial charge in [0.25, 0.3) is 0 Å². The van der Waals surface area contributed by atoms with E-state index in [1.54, 1.807) is 0 Å². The minimum absolute atomic E-state index is 0.120. The van der Waals surface area contributed by atoms with Crippen molar-refractivity contribution in [3.8, 4) is 44.5 Å². The molecule has 0 heterocycles. The van der Waals surface area contributed by atoms with Crippen LogP contribution in [0.2, 0.25) is 0 Å². The third kappa shape index (κ3) is 13.2. The van der Waals surface area contributed by atoms with Crippen LogP contribution in [-0.4, -0.2) is 0 Å². The Bertz CT molecular complexity index is 10100. The van der Waals surface area contributed by atoms with Gasteiger partial charge in [-0.15, -0.1) is 0 Å². The van der Waals surface area contributed by atoms with Gasteiger partial charge in [0.2, 0.25) is 0 Å². The summed E-state index contributed by atoms with van der Waals surface area (Å²) >= 11 is 0. The highest BCUT2D eigenvalue weighted by Gasteiger charge is 2.41. The van der Waals surface area contributed by atoms with Crippen LogP contribution in [0, 0.1) is 0 Å². The minimum Gasteiger partial charge on any atom is -0.310 e. The van der Waals surface area contributed by atoms with Crippen molar-refractivity contribution in [3.63, 3.8) is 0 Å². The quantitative estimate of drug-likeness (QED) is 0.113. The number of nitrogens with zero attached hydrogens (tertiary/aromatic N) is 4. The molecular weight excluding hydrogens is 1790 g/mol. The first-order valence-corrected chi connectivity index (χ1v) is 52.1. The monoisotopic (exact) mass is 1890 g/mol. The molecule has 0 aromatic heterocycles. The Hall–Kier alpha value is -18.0. The Balaban J connectivity index is 0.000000140. The highest BCUT2D eigenvalue weighted by Crippen LogP contribution is 2.59. The van der Waals surface area contributed by atoms with Crippen LogP contribution in [-0.2, 0) is 21.7 Å². The van der Waals surface area contributed by atoms with Gasteiger partial charge < -0.3 is 19.6 Å². The van der Waals surface area contributed by atoms with Gasteiger partial charge in [-0.1, -0.05) is 407 Å². The van der Waals surface area contributed by atoms with Crippen LogP contribution in [0.25, 0.3) is 174 Å². The molecule has 0 aliphatic heterocycles. The Morgan fingerprint density at radius 2 is 0.338 bits per heavy atom. The molecule has 0 N–H and O–H groups in total. The Labute approximate surface area is 862 Å². The second-order valence-electron chi connectivity index (χ2n) is 43.3. The van der Waals surface area contributed by atoms with Gasteiger partial charge in [-0.05, 0) is 341 Å². The fourth-order valence-electron chi connectivity index (χ4n) is 26.6. The molecule has 0 spiro atoms. The molecule has 4 aliphatic rings. The molecule has 0 saturated heterocycles.